The van der Waals surface area contributed by atoms with E-state index in [2.05, 4.69) is 15.6 Å². The Bertz CT molecular complexity index is 1510. The number of anilines is 1. The predicted octanol–water partition coefficient (Wildman–Crippen LogP) is 4.33. The zero-order valence-electron chi connectivity index (χ0n) is 22.0. The quantitative estimate of drug-likeness (QED) is 0.213. The minimum absolute atomic E-state index is 0.0286. The second kappa shape index (κ2) is 13.0. The van der Waals surface area contributed by atoms with Gasteiger partial charge in [-0.25, -0.2) is 4.98 Å². The molecule has 0 aliphatic rings. The van der Waals surface area contributed by atoms with Gasteiger partial charge in [0.15, 0.2) is 5.16 Å². The molecule has 39 heavy (non-hydrogen) atoms. The van der Waals surface area contributed by atoms with Crippen LogP contribution in [0, 0.1) is 0 Å². The standard InChI is InChI=1S/C29H30N4O5S/c1-4-13-30-27(35)20-11-9-19(10-12-20)17-33-28(36)24-7-5-6-8-25(24)32-29(33)39-18-26(34)31-21-14-22(37-2)16-23(15-21)38-3/h5-12,14-16H,4,13,17-18H2,1-3H3,(H,30,35)(H,31,34). The Kier molecular flexibility index (Phi) is 9.22. The highest BCUT2D eigenvalue weighted by molar-refractivity contribution is 7.99. The highest BCUT2D eigenvalue weighted by Gasteiger charge is 2.15. The van der Waals surface area contributed by atoms with Gasteiger partial charge < -0.3 is 20.1 Å². The minimum atomic E-state index is -0.272. The summed E-state index contributed by atoms with van der Waals surface area (Å²) in [7, 11) is 3.07. The van der Waals surface area contributed by atoms with Crippen LogP contribution < -0.4 is 25.7 Å². The summed E-state index contributed by atoms with van der Waals surface area (Å²) < 4.78 is 12.1. The predicted molar refractivity (Wildman–Crippen MR) is 153 cm³/mol. The van der Waals surface area contributed by atoms with Crippen LogP contribution in [-0.2, 0) is 11.3 Å². The summed E-state index contributed by atoms with van der Waals surface area (Å²) in [5.74, 6) is 0.726. The zero-order chi connectivity index (χ0) is 27.8. The molecule has 1 heterocycles. The van der Waals surface area contributed by atoms with E-state index in [0.29, 0.717) is 45.4 Å². The summed E-state index contributed by atoms with van der Waals surface area (Å²) in [6, 6.07) is 19.3. The fourth-order valence-electron chi connectivity index (χ4n) is 3.89. The highest BCUT2D eigenvalue weighted by atomic mass is 32.2. The molecule has 0 spiro atoms. The van der Waals surface area contributed by atoms with Crippen LogP contribution in [0.15, 0.2) is 76.7 Å². The van der Waals surface area contributed by atoms with Gasteiger partial charge in [-0.15, -0.1) is 0 Å². The van der Waals surface area contributed by atoms with Crippen molar-refractivity contribution in [3.05, 3.63) is 88.2 Å². The fraction of sp³-hybridized carbons (Fsp3) is 0.241. The van der Waals surface area contributed by atoms with Gasteiger partial charge >= 0.3 is 0 Å². The van der Waals surface area contributed by atoms with E-state index in [9.17, 15) is 14.4 Å². The maximum absolute atomic E-state index is 13.4. The number of benzene rings is 3. The second-order valence-corrected chi connectivity index (χ2v) is 9.64. The number of aromatic nitrogens is 2. The lowest BCUT2D eigenvalue weighted by Gasteiger charge is -2.14. The average Bonchev–Trinajstić information content (AvgIpc) is 2.96. The van der Waals surface area contributed by atoms with Gasteiger partial charge in [-0.3, -0.25) is 19.0 Å². The first kappa shape index (κ1) is 27.7. The maximum Gasteiger partial charge on any atom is 0.262 e. The van der Waals surface area contributed by atoms with Crippen LogP contribution in [0.2, 0.25) is 0 Å². The summed E-state index contributed by atoms with van der Waals surface area (Å²) >= 11 is 1.17. The Morgan fingerprint density at radius 1 is 0.974 bits per heavy atom. The third-order valence-corrected chi connectivity index (χ3v) is 6.86. The van der Waals surface area contributed by atoms with Crippen LogP contribution in [0.5, 0.6) is 11.5 Å². The molecule has 10 heteroatoms. The summed E-state index contributed by atoms with van der Waals surface area (Å²) in [6.45, 7) is 2.84. The molecule has 0 bridgehead atoms. The summed E-state index contributed by atoms with van der Waals surface area (Å²) in [6.07, 6.45) is 0.855. The molecule has 1 aromatic heterocycles. The molecule has 0 fully saturated rings. The number of thioether (sulfide) groups is 1. The molecule has 3 aromatic carbocycles. The van der Waals surface area contributed by atoms with Crippen LogP contribution >= 0.6 is 11.8 Å². The van der Waals surface area contributed by atoms with Gasteiger partial charge in [0.1, 0.15) is 11.5 Å². The molecule has 0 aliphatic carbocycles. The molecule has 202 valence electrons. The Labute approximate surface area is 230 Å². The van der Waals surface area contributed by atoms with E-state index in [1.54, 1.807) is 53.1 Å². The first-order chi connectivity index (χ1) is 18.9. The first-order valence-corrected chi connectivity index (χ1v) is 13.4. The number of nitrogens with one attached hydrogen (secondary N) is 2. The van der Waals surface area contributed by atoms with Crippen molar-refractivity contribution >= 4 is 40.2 Å². The third kappa shape index (κ3) is 6.97. The van der Waals surface area contributed by atoms with Crippen molar-refractivity contribution in [2.45, 2.75) is 25.0 Å². The highest BCUT2D eigenvalue weighted by Crippen LogP contribution is 2.26. The minimum Gasteiger partial charge on any atom is -0.497 e. The van der Waals surface area contributed by atoms with E-state index in [1.165, 1.54) is 26.0 Å². The van der Waals surface area contributed by atoms with Gasteiger partial charge in [-0.2, -0.15) is 0 Å². The largest absolute Gasteiger partial charge is 0.497 e. The normalized spacial score (nSPS) is 10.7. The lowest BCUT2D eigenvalue weighted by atomic mass is 10.1. The number of ether oxygens (including phenoxy) is 2. The third-order valence-electron chi connectivity index (χ3n) is 5.89. The van der Waals surface area contributed by atoms with E-state index in [0.717, 1.165) is 12.0 Å². The van der Waals surface area contributed by atoms with Crippen molar-refractivity contribution in [3.8, 4) is 11.5 Å². The Morgan fingerprint density at radius 2 is 1.67 bits per heavy atom. The maximum atomic E-state index is 13.4. The Hall–Kier alpha value is -4.31. The molecule has 0 unspecified atom stereocenters. The molecule has 2 amide bonds. The number of carbonyl (C=O) groups is 2. The van der Waals surface area contributed by atoms with Crippen LogP contribution in [0.4, 0.5) is 5.69 Å². The molecule has 0 radical (unpaired) electrons. The van der Waals surface area contributed by atoms with Gasteiger partial charge in [0.25, 0.3) is 11.5 Å². The van der Waals surface area contributed by atoms with E-state index < -0.39 is 0 Å². The molecule has 9 nitrogen and oxygen atoms in total. The van der Waals surface area contributed by atoms with Crippen molar-refractivity contribution in [1.29, 1.82) is 0 Å². The number of fused-ring (bicyclic) bond motifs is 1. The van der Waals surface area contributed by atoms with Crippen LogP contribution in [0.1, 0.15) is 29.3 Å². The molecule has 2 N–H and O–H groups in total. The van der Waals surface area contributed by atoms with Crippen molar-refractivity contribution in [1.82, 2.24) is 14.9 Å². The fourth-order valence-corrected chi connectivity index (χ4v) is 4.69. The van der Waals surface area contributed by atoms with Gasteiger partial charge in [0.2, 0.25) is 5.91 Å². The summed E-state index contributed by atoms with van der Waals surface area (Å²) in [5.41, 5.74) is 2.27. The lowest BCUT2D eigenvalue weighted by Crippen LogP contribution is -2.25. The van der Waals surface area contributed by atoms with Crippen molar-refractivity contribution in [2.24, 2.45) is 0 Å². The Balaban J connectivity index is 1.56. The van der Waals surface area contributed by atoms with Crippen LogP contribution in [0.3, 0.4) is 0 Å². The molecule has 0 aliphatic heterocycles. The summed E-state index contributed by atoms with van der Waals surface area (Å²) in [5, 5.41) is 6.60. The summed E-state index contributed by atoms with van der Waals surface area (Å²) in [4.78, 5) is 43.2. The van der Waals surface area contributed by atoms with E-state index in [-0.39, 0.29) is 29.7 Å². The Morgan fingerprint density at radius 3 is 2.33 bits per heavy atom. The number of methoxy groups -OCH3 is 2. The molecular formula is C29H30N4O5S. The first-order valence-electron chi connectivity index (χ1n) is 12.4. The average molecular weight is 547 g/mol. The molecular weight excluding hydrogens is 516 g/mol. The van der Waals surface area contributed by atoms with Gasteiger partial charge in [-0.05, 0) is 36.2 Å². The molecule has 4 rings (SSSR count). The van der Waals surface area contributed by atoms with Gasteiger partial charge in [0, 0.05) is 36.0 Å². The number of hydrogen-bond donors (Lipinski definition) is 2. The van der Waals surface area contributed by atoms with Crippen LogP contribution in [-0.4, -0.2) is 47.9 Å². The van der Waals surface area contributed by atoms with E-state index in [1.807, 2.05) is 25.1 Å². The zero-order valence-corrected chi connectivity index (χ0v) is 22.8. The van der Waals surface area contributed by atoms with E-state index >= 15 is 0 Å². The number of nitrogens with zero attached hydrogens (tertiary/aromatic N) is 2. The van der Waals surface area contributed by atoms with Crippen molar-refractivity contribution in [3.63, 3.8) is 0 Å². The number of amides is 2. The lowest BCUT2D eigenvalue weighted by molar-refractivity contribution is -0.113. The number of carbonyl (C=O) groups excluding carboxylic acids is 2. The van der Waals surface area contributed by atoms with E-state index in [4.69, 9.17) is 9.47 Å². The smallest absolute Gasteiger partial charge is 0.262 e. The van der Waals surface area contributed by atoms with Gasteiger partial charge in [0.05, 0.1) is 37.4 Å². The number of para-hydroxylation sites is 1. The topological polar surface area (TPSA) is 112 Å². The second-order valence-electron chi connectivity index (χ2n) is 8.69. The van der Waals surface area contributed by atoms with Gasteiger partial charge in [-0.1, -0.05) is 43.0 Å². The molecule has 4 aromatic rings. The van der Waals surface area contributed by atoms with Crippen molar-refractivity contribution in [2.75, 3.05) is 31.8 Å². The molecule has 0 saturated heterocycles. The SMILES string of the molecule is CCCNC(=O)c1ccc(Cn2c(SCC(=O)Nc3cc(OC)cc(OC)c3)nc3ccccc3c2=O)cc1. The molecule has 0 atom stereocenters. The monoisotopic (exact) mass is 546 g/mol. The number of rotatable bonds is 11. The molecule has 0 saturated carbocycles. The van der Waals surface area contributed by atoms with Crippen LogP contribution in [0.25, 0.3) is 10.9 Å². The number of hydrogen-bond acceptors (Lipinski definition) is 7. The van der Waals surface area contributed by atoms with Crippen molar-refractivity contribution < 1.29 is 19.1 Å².